The Hall–Kier alpha value is -4.09. The van der Waals surface area contributed by atoms with Crippen LogP contribution in [0.2, 0.25) is 0 Å². The second-order valence-corrected chi connectivity index (χ2v) is 6.80. The van der Waals surface area contributed by atoms with Crippen LogP contribution >= 0.6 is 0 Å². The molecule has 0 aliphatic carbocycles. The molecule has 0 spiro atoms. The molecule has 12 heteroatoms. The number of carboxylic acids is 1. The molecule has 1 N–H and O–H groups in total. The summed E-state index contributed by atoms with van der Waals surface area (Å²) in [6.45, 7) is 1.13. The summed E-state index contributed by atoms with van der Waals surface area (Å²) in [6.07, 6.45) is 1.95. The highest BCUT2D eigenvalue weighted by atomic mass is 19.4. The number of aromatic carboxylic acids is 1. The molecule has 1 fully saturated rings. The fourth-order valence-corrected chi connectivity index (χ4v) is 3.09. The van der Waals surface area contributed by atoms with E-state index in [1.807, 2.05) is 0 Å². The van der Waals surface area contributed by atoms with E-state index in [1.165, 1.54) is 35.2 Å². The Morgan fingerprint density at radius 1 is 0.848 bits per heavy atom. The predicted octanol–water partition coefficient (Wildman–Crippen LogP) is 2.63. The van der Waals surface area contributed by atoms with E-state index in [-0.39, 0.29) is 24.3 Å². The van der Waals surface area contributed by atoms with E-state index in [0.717, 1.165) is 6.07 Å². The van der Waals surface area contributed by atoms with Crippen LogP contribution < -0.4 is 4.90 Å². The largest absolute Gasteiger partial charge is 0.476 e. The molecule has 9 nitrogen and oxygen atoms in total. The number of carbonyl (C=O) groups excluding carboxylic acids is 1. The van der Waals surface area contributed by atoms with E-state index in [9.17, 15) is 22.8 Å². The molecule has 0 saturated carbocycles. The first-order chi connectivity index (χ1) is 15.8. The molecule has 172 valence electrons. The second-order valence-electron chi connectivity index (χ2n) is 6.80. The van der Waals surface area contributed by atoms with Crippen LogP contribution in [0.1, 0.15) is 26.4 Å². The molecule has 1 aliphatic heterocycles. The Bertz CT molecular complexity index is 1050. The molecule has 1 saturated heterocycles. The average Bonchev–Trinajstić information content (AvgIpc) is 2.85. The molecule has 1 aliphatic rings. The van der Waals surface area contributed by atoms with Crippen LogP contribution in [0.25, 0.3) is 0 Å². The van der Waals surface area contributed by atoms with Crippen LogP contribution in [0, 0.1) is 0 Å². The van der Waals surface area contributed by atoms with E-state index < -0.39 is 23.6 Å². The molecule has 0 unspecified atom stereocenters. The summed E-state index contributed by atoms with van der Waals surface area (Å²) < 4.78 is 39.3. The lowest BCUT2D eigenvalue weighted by molar-refractivity contribution is -0.138. The number of amides is 1. The SMILES string of the molecule is O=C(O)c1ccc(N2CCN(C(=O)c3ccccc3C(F)(F)F)CC2)nn1.c1cnccn1. The number of aromatic nitrogens is 4. The van der Waals surface area contributed by atoms with Gasteiger partial charge >= 0.3 is 12.1 Å². The van der Waals surface area contributed by atoms with Gasteiger partial charge in [-0.3, -0.25) is 14.8 Å². The predicted molar refractivity (Wildman–Crippen MR) is 111 cm³/mol. The number of carboxylic acid groups (broad SMARTS) is 1. The van der Waals surface area contributed by atoms with Crippen LogP contribution in [-0.4, -0.2) is 68.2 Å². The minimum atomic E-state index is -4.60. The van der Waals surface area contributed by atoms with Gasteiger partial charge in [0.05, 0.1) is 11.1 Å². The first-order valence-corrected chi connectivity index (χ1v) is 9.75. The van der Waals surface area contributed by atoms with Gasteiger partial charge in [-0.25, -0.2) is 4.79 Å². The van der Waals surface area contributed by atoms with Gasteiger partial charge in [-0.05, 0) is 24.3 Å². The van der Waals surface area contributed by atoms with E-state index >= 15 is 0 Å². The molecule has 4 rings (SSSR count). The monoisotopic (exact) mass is 460 g/mol. The highest BCUT2D eigenvalue weighted by Crippen LogP contribution is 2.32. The molecule has 0 radical (unpaired) electrons. The first-order valence-electron chi connectivity index (χ1n) is 9.75. The van der Waals surface area contributed by atoms with Gasteiger partial charge in [0.25, 0.3) is 5.91 Å². The summed E-state index contributed by atoms with van der Waals surface area (Å²) in [6, 6.07) is 7.54. The Kier molecular flexibility index (Phi) is 7.49. The van der Waals surface area contributed by atoms with Gasteiger partial charge in [0.1, 0.15) is 0 Å². The Labute approximate surface area is 186 Å². The minimum absolute atomic E-state index is 0.184. The maximum atomic E-state index is 13.1. The molecule has 0 bridgehead atoms. The maximum absolute atomic E-state index is 13.1. The minimum Gasteiger partial charge on any atom is -0.476 e. The van der Waals surface area contributed by atoms with Crippen molar-refractivity contribution in [3.63, 3.8) is 0 Å². The third kappa shape index (κ3) is 6.21. The molecule has 33 heavy (non-hydrogen) atoms. The second kappa shape index (κ2) is 10.5. The molecule has 2 aromatic heterocycles. The zero-order valence-electron chi connectivity index (χ0n) is 17.2. The normalized spacial score (nSPS) is 13.7. The number of piperazine rings is 1. The molecule has 1 amide bonds. The number of benzene rings is 1. The van der Waals surface area contributed by atoms with Crippen molar-refractivity contribution in [1.82, 2.24) is 25.1 Å². The third-order valence-electron chi connectivity index (χ3n) is 4.70. The van der Waals surface area contributed by atoms with Gasteiger partial charge in [-0.15, -0.1) is 10.2 Å². The zero-order chi connectivity index (χ0) is 23.8. The van der Waals surface area contributed by atoms with Crippen molar-refractivity contribution < 1.29 is 27.9 Å². The number of hydrogen-bond donors (Lipinski definition) is 1. The van der Waals surface area contributed by atoms with Crippen LogP contribution in [-0.2, 0) is 6.18 Å². The molecule has 3 heterocycles. The lowest BCUT2D eigenvalue weighted by Gasteiger charge is -2.35. The van der Waals surface area contributed by atoms with Crippen molar-refractivity contribution in [3.05, 3.63) is 78.0 Å². The van der Waals surface area contributed by atoms with Crippen molar-refractivity contribution in [2.75, 3.05) is 31.1 Å². The van der Waals surface area contributed by atoms with E-state index in [4.69, 9.17) is 5.11 Å². The van der Waals surface area contributed by atoms with Crippen molar-refractivity contribution >= 4 is 17.7 Å². The fourth-order valence-electron chi connectivity index (χ4n) is 3.09. The van der Waals surface area contributed by atoms with Crippen molar-refractivity contribution in [2.45, 2.75) is 6.18 Å². The average molecular weight is 460 g/mol. The third-order valence-corrected chi connectivity index (χ3v) is 4.70. The molecular weight excluding hydrogens is 441 g/mol. The Morgan fingerprint density at radius 3 is 1.94 bits per heavy atom. The number of nitrogens with zero attached hydrogens (tertiary/aromatic N) is 6. The molecule has 3 aromatic rings. The summed E-state index contributed by atoms with van der Waals surface area (Å²) in [5, 5.41) is 16.3. The molecule has 1 aromatic carbocycles. The van der Waals surface area contributed by atoms with Crippen molar-refractivity contribution in [1.29, 1.82) is 0 Å². The number of alkyl halides is 3. The lowest BCUT2D eigenvalue weighted by atomic mass is 10.1. The highest BCUT2D eigenvalue weighted by molar-refractivity contribution is 5.96. The van der Waals surface area contributed by atoms with Crippen LogP contribution in [0.5, 0.6) is 0 Å². The quantitative estimate of drug-likeness (QED) is 0.635. The summed E-state index contributed by atoms with van der Waals surface area (Å²) >= 11 is 0. The van der Waals surface area contributed by atoms with E-state index in [1.54, 1.807) is 29.7 Å². The number of halogens is 3. The van der Waals surface area contributed by atoms with Gasteiger partial charge in [-0.2, -0.15) is 13.2 Å². The van der Waals surface area contributed by atoms with Crippen LogP contribution in [0.3, 0.4) is 0 Å². The van der Waals surface area contributed by atoms with Crippen molar-refractivity contribution in [3.8, 4) is 0 Å². The smallest absolute Gasteiger partial charge is 0.417 e. The first kappa shape index (κ1) is 23.6. The standard InChI is InChI=1S/C17H15F3N4O3.C4H4N2/c18-17(19,20)12-4-2-1-3-11(12)15(25)24-9-7-23(8-10-24)14-6-5-13(16(26)27)21-22-14;1-2-6-4-3-5-1/h1-6H,7-10H2,(H,26,27);1-4H. The molecular formula is C21H19F3N6O3. The topological polar surface area (TPSA) is 112 Å². The van der Waals surface area contributed by atoms with Gasteiger partial charge in [0.15, 0.2) is 11.5 Å². The number of anilines is 1. The van der Waals surface area contributed by atoms with Gasteiger partial charge in [0.2, 0.25) is 0 Å². The fraction of sp³-hybridized carbons (Fsp3) is 0.238. The van der Waals surface area contributed by atoms with Crippen LogP contribution in [0.15, 0.2) is 61.2 Å². The highest BCUT2D eigenvalue weighted by Gasteiger charge is 2.36. The van der Waals surface area contributed by atoms with Gasteiger partial charge in [-0.1, -0.05) is 12.1 Å². The van der Waals surface area contributed by atoms with Crippen molar-refractivity contribution in [2.24, 2.45) is 0 Å². The zero-order valence-corrected chi connectivity index (χ0v) is 17.2. The Balaban J connectivity index is 0.000000442. The number of hydrogen-bond acceptors (Lipinski definition) is 7. The molecule has 0 atom stereocenters. The number of rotatable bonds is 3. The van der Waals surface area contributed by atoms with Crippen LogP contribution in [0.4, 0.5) is 19.0 Å². The van der Waals surface area contributed by atoms with E-state index in [0.29, 0.717) is 18.9 Å². The lowest BCUT2D eigenvalue weighted by Crippen LogP contribution is -2.49. The van der Waals surface area contributed by atoms with E-state index in [2.05, 4.69) is 20.2 Å². The maximum Gasteiger partial charge on any atom is 0.417 e. The summed E-state index contributed by atoms with van der Waals surface area (Å²) in [5.41, 5.74) is -1.51. The summed E-state index contributed by atoms with van der Waals surface area (Å²) in [4.78, 5) is 33.9. The number of carbonyl (C=O) groups is 2. The Morgan fingerprint density at radius 2 is 1.45 bits per heavy atom. The summed E-state index contributed by atoms with van der Waals surface area (Å²) in [5.74, 6) is -1.41. The van der Waals surface area contributed by atoms with Gasteiger partial charge in [0, 0.05) is 51.0 Å². The summed E-state index contributed by atoms with van der Waals surface area (Å²) in [7, 11) is 0. The van der Waals surface area contributed by atoms with Gasteiger partial charge < -0.3 is 14.9 Å².